The fourth-order valence-corrected chi connectivity index (χ4v) is 5.65. The van der Waals surface area contributed by atoms with Gasteiger partial charge in [-0.3, -0.25) is 4.79 Å². The molecular formula is C23H30N4O6S. The lowest BCUT2D eigenvalue weighted by Crippen LogP contribution is -2.41. The molecule has 0 aromatic carbocycles. The maximum Gasteiger partial charge on any atom is 0.374 e. The summed E-state index contributed by atoms with van der Waals surface area (Å²) in [4.78, 5) is 31.2. The first-order valence-electron chi connectivity index (χ1n) is 11.7. The fraction of sp³-hybridized carbons (Fsp3) is 0.522. The second kappa shape index (κ2) is 10.6. The van der Waals surface area contributed by atoms with E-state index in [1.54, 1.807) is 13.1 Å². The van der Waals surface area contributed by atoms with Gasteiger partial charge in [0.1, 0.15) is 5.82 Å². The molecule has 4 rings (SSSR count). The molecule has 0 unspecified atom stereocenters. The number of hydrogen-bond acceptors (Lipinski definition) is 8. The molecule has 4 heterocycles. The minimum atomic E-state index is -3.90. The molecule has 2 aromatic rings. The average molecular weight is 491 g/mol. The summed E-state index contributed by atoms with van der Waals surface area (Å²) in [5.74, 6) is -0.403. The Labute approximate surface area is 199 Å². The van der Waals surface area contributed by atoms with Crippen molar-refractivity contribution in [1.82, 2.24) is 9.29 Å². The topological polar surface area (TPSA) is 122 Å². The van der Waals surface area contributed by atoms with Gasteiger partial charge in [-0.2, -0.15) is 4.31 Å². The van der Waals surface area contributed by atoms with E-state index in [-0.39, 0.29) is 42.4 Å². The molecule has 2 aliphatic rings. The van der Waals surface area contributed by atoms with Gasteiger partial charge < -0.3 is 19.4 Å². The number of ether oxygens (including phenoxy) is 1. The lowest BCUT2D eigenvalue weighted by molar-refractivity contribution is -0.120. The van der Waals surface area contributed by atoms with Crippen molar-refractivity contribution in [2.75, 3.05) is 43.0 Å². The van der Waals surface area contributed by atoms with Crippen LogP contribution in [0.4, 0.5) is 11.5 Å². The number of aromatic nitrogens is 1. The number of sulfonamides is 1. The quantitative estimate of drug-likeness (QED) is 0.588. The molecule has 0 spiro atoms. The summed E-state index contributed by atoms with van der Waals surface area (Å²) >= 11 is 0. The Morgan fingerprint density at radius 1 is 1.09 bits per heavy atom. The van der Waals surface area contributed by atoms with Crippen molar-refractivity contribution in [1.29, 1.82) is 0 Å². The van der Waals surface area contributed by atoms with E-state index >= 15 is 0 Å². The van der Waals surface area contributed by atoms with Crippen molar-refractivity contribution < 1.29 is 27.2 Å². The SMILES string of the molecule is CCOC(=O)c1ccc(S(=O)(=O)N2CCC(C(=O)Nc3ccc(N4CCCCC4)nc3)CC2)o1. The summed E-state index contributed by atoms with van der Waals surface area (Å²) < 4.78 is 37.1. The smallest absolute Gasteiger partial charge is 0.374 e. The lowest BCUT2D eigenvalue weighted by Gasteiger charge is -2.30. The Bertz CT molecular complexity index is 1100. The van der Waals surface area contributed by atoms with Crippen molar-refractivity contribution in [3.05, 3.63) is 36.2 Å². The zero-order valence-electron chi connectivity index (χ0n) is 19.2. The van der Waals surface area contributed by atoms with E-state index in [0.29, 0.717) is 18.5 Å². The molecule has 0 bridgehead atoms. The molecule has 1 amide bonds. The van der Waals surface area contributed by atoms with Crippen molar-refractivity contribution in [3.63, 3.8) is 0 Å². The Morgan fingerprint density at radius 2 is 1.82 bits per heavy atom. The van der Waals surface area contributed by atoms with Crippen LogP contribution in [-0.2, 0) is 19.6 Å². The van der Waals surface area contributed by atoms with Gasteiger partial charge in [-0.15, -0.1) is 0 Å². The summed E-state index contributed by atoms with van der Waals surface area (Å²) in [5, 5.41) is 2.59. The third kappa shape index (κ3) is 5.41. The average Bonchev–Trinajstić information content (AvgIpc) is 3.37. The number of piperidine rings is 2. The highest BCUT2D eigenvalue weighted by Gasteiger charge is 2.34. The van der Waals surface area contributed by atoms with Crippen LogP contribution in [0.3, 0.4) is 0 Å². The summed E-state index contributed by atoms with van der Waals surface area (Å²) in [6, 6.07) is 6.31. The molecule has 10 nitrogen and oxygen atoms in total. The van der Waals surface area contributed by atoms with E-state index in [0.717, 1.165) is 18.9 Å². The normalized spacial score (nSPS) is 18.0. The van der Waals surface area contributed by atoms with Gasteiger partial charge in [-0.25, -0.2) is 18.2 Å². The number of nitrogens with one attached hydrogen (secondary N) is 1. The van der Waals surface area contributed by atoms with Crippen LogP contribution in [-0.4, -0.2) is 62.4 Å². The Kier molecular flexibility index (Phi) is 7.52. The maximum atomic E-state index is 12.9. The van der Waals surface area contributed by atoms with E-state index in [1.165, 1.54) is 35.7 Å². The van der Waals surface area contributed by atoms with Gasteiger partial charge >= 0.3 is 5.97 Å². The molecule has 11 heteroatoms. The molecule has 34 heavy (non-hydrogen) atoms. The van der Waals surface area contributed by atoms with Crippen LogP contribution in [0, 0.1) is 5.92 Å². The number of amides is 1. The van der Waals surface area contributed by atoms with E-state index in [9.17, 15) is 18.0 Å². The van der Waals surface area contributed by atoms with Gasteiger partial charge in [0.25, 0.3) is 10.0 Å². The predicted octanol–water partition coefficient (Wildman–Crippen LogP) is 2.88. The van der Waals surface area contributed by atoms with Crippen molar-refractivity contribution in [2.45, 2.75) is 44.1 Å². The third-order valence-electron chi connectivity index (χ3n) is 6.17. The Hall–Kier alpha value is -2.92. The molecule has 2 fully saturated rings. The van der Waals surface area contributed by atoms with Crippen LogP contribution in [0.1, 0.15) is 49.6 Å². The number of anilines is 2. The van der Waals surface area contributed by atoms with Crippen LogP contribution < -0.4 is 10.2 Å². The van der Waals surface area contributed by atoms with Crippen molar-refractivity contribution in [2.24, 2.45) is 5.92 Å². The van der Waals surface area contributed by atoms with E-state index in [4.69, 9.17) is 9.15 Å². The molecule has 184 valence electrons. The number of esters is 1. The summed E-state index contributed by atoms with van der Waals surface area (Å²) in [7, 11) is -3.90. The molecule has 2 saturated heterocycles. The first kappa shape index (κ1) is 24.2. The number of pyridine rings is 1. The minimum absolute atomic E-state index is 0.146. The monoisotopic (exact) mass is 490 g/mol. The number of furan rings is 1. The second-order valence-corrected chi connectivity index (χ2v) is 10.3. The highest BCUT2D eigenvalue weighted by molar-refractivity contribution is 7.89. The molecule has 2 aromatic heterocycles. The number of rotatable bonds is 7. The molecule has 0 saturated carbocycles. The van der Waals surface area contributed by atoms with E-state index in [1.807, 2.05) is 12.1 Å². The molecular weight excluding hydrogens is 460 g/mol. The van der Waals surface area contributed by atoms with Crippen molar-refractivity contribution in [3.8, 4) is 0 Å². The molecule has 1 N–H and O–H groups in total. The number of nitrogens with zero attached hydrogens (tertiary/aromatic N) is 3. The maximum absolute atomic E-state index is 12.9. The van der Waals surface area contributed by atoms with Crippen LogP contribution in [0.25, 0.3) is 0 Å². The van der Waals surface area contributed by atoms with Crippen LogP contribution >= 0.6 is 0 Å². The highest BCUT2D eigenvalue weighted by Crippen LogP contribution is 2.26. The van der Waals surface area contributed by atoms with E-state index in [2.05, 4.69) is 15.2 Å². The van der Waals surface area contributed by atoms with Gasteiger partial charge in [-0.1, -0.05) is 0 Å². The van der Waals surface area contributed by atoms with Gasteiger partial charge in [0.2, 0.25) is 16.8 Å². The van der Waals surface area contributed by atoms with Crippen molar-refractivity contribution >= 4 is 33.4 Å². The lowest BCUT2D eigenvalue weighted by atomic mass is 9.97. The third-order valence-corrected chi connectivity index (χ3v) is 7.95. The summed E-state index contributed by atoms with van der Waals surface area (Å²) in [6.45, 7) is 4.19. The van der Waals surface area contributed by atoms with Crippen LogP contribution in [0.15, 0.2) is 40.0 Å². The number of hydrogen-bond donors (Lipinski definition) is 1. The molecule has 0 radical (unpaired) electrons. The molecule has 0 atom stereocenters. The second-order valence-electron chi connectivity index (χ2n) is 8.46. The van der Waals surface area contributed by atoms with Gasteiger partial charge in [0.15, 0.2) is 0 Å². The highest BCUT2D eigenvalue weighted by atomic mass is 32.2. The summed E-state index contributed by atoms with van der Waals surface area (Å²) in [5.41, 5.74) is 0.628. The standard InChI is InChI=1S/C23H30N4O6S/c1-2-32-23(29)19-7-9-21(33-19)34(30,31)27-14-10-17(11-15-27)22(28)25-18-6-8-20(24-16-18)26-12-4-3-5-13-26/h6-9,16-17H,2-5,10-15H2,1H3,(H,25,28). The zero-order valence-corrected chi connectivity index (χ0v) is 20.1. The predicted molar refractivity (Wildman–Crippen MR) is 125 cm³/mol. The Balaban J connectivity index is 1.30. The molecule has 2 aliphatic heterocycles. The van der Waals surface area contributed by atoms with Gasteiger partial charge in [-0.05, 0) is 63.3 Å². The first-order chi connectivity index (χ1) is 16.4. The molecule has 0 aliphatic carbocycles. The number of carbonyl (C=O) groups is 2. The summed E-state index contributed by atoms with van der Waals surface area (Å²) in [6.07, 6.45) is 6.02. The van der Waals surface area contributed by atoms with Crippen LogP contribution in [0.5, 0.6) is 0 Å². The van der Waals surface area contributed by atoms with E-state index < -0.39 is 16.0 Å². The fourth-order valence-electron chi connectivity index (χ4n) is 4.27. The Morgan fingerprint density at radius 3 is 2.47 bits per heavy atom. The number of carbonyl (C=O) groups excluding carboxylic acids is 2. The van der Waals surface area contributed by atoms with Crippen LogP contribution in [0.2, 0.25) is 0 Å². The van der Waals surface area contributed by atoms with Gasteiger partial charge in [0, 0.05) is 32.1 Å². The first-order valence-corrected chi connectivity index (χ1v) is 13.1. The van der Waals surface area contributed by atoms with Gasteiger partial charge in [0.05, 0.1) is 18.5 Å². The minimum Gasteiger partial charge on any atom is -0.460 e. The zero-order chi connectivity index (χ0) is 24.1. The largest absolute Gasteiger partial charge is 0.460 e.